The number of rotatable bonds is 6. The van der Waals surface area contributed by atoms with Crippen molar-refractivity contribution >= 4 is 5.69 Å². The Morgan fingerprint density at radius 2 is 1.80 bits per heavy atom. The summed E-state index contributed by atoms with van der Waals surface area (Å²) in [5.74, 6) is 0.709. The van der Waals surface area contributed by atoms with Crippen molar-refractivity contribution in [2.75, 3.05) is 18.5 Å². The van der Waals surface area contributed by atoms with E-state index in [9.17, 15) is 5.26 Å². The van der Waals surface area contributed by atoms with Gasteiger partial charge in [0.2, 0.25) is 0 Å². The fraction of sp³-hybridized carbons (Fsp3) is 0.235. The van der Waals surface area contributed by atoms with Crippen LogP contribution in [0.2, 0.25) is 0 Å². The van der Waals surface area contributed by atoms with Crippen molar-refractivity contribution in [3.63, 3.8) is 0 Å². The predicted molar refractivity (Wildman–Crippen MR) is 80.9 cm³/mol. The molecule has 0 aliphatic rings. The largest absolute Gasteiger partial charge is 0.494 e. The first-order chi connectivity index (χ1) is 9.83. The van der Waals surface area contributed by atoms with Crippen molar-refractivity contribution in [2.45, 2.75) is 12.8 Å². The van der Waals surface area contributed by atoms with E-state index in [4.69, 9.17) is 4.74 Å². The maximum Gasteiger partial charge on any atom is 0.119 e. The first-order valence-corrected chi connectivity index (χ1v) is 6.74. The molecule has 1 N–H and O–H groups in total. The van der Waals surface area contributed by atoms with Gasteiger partial charge in [0.1, 0.15) is 5.75 Å². The highest BCUT2D eigenvalue weighted by Crippen LogP contribution is 2.18. The lowest BCUT2D eigenvalue weighted by atomic mass is 10.0. The minimum Gasteiger partial charge on any atom is -0.494 e. The van der Waals surface area contributed by atoms with E-state index in [1.165, 1.54) is 0 Å². The Morgan fingerprint density at radius 1 is 1.10 bits per heavy atom. The van der Waals surface area contributed by atoms with E-state index in [1.54, 1.807) is 0 Å². The quantitative estimate of drug-likeness (QED) is 0.864. The van der Waals surface area contributed by atoms with E-state index in [-0.39, 0.29) is 5.92 Å². The summed E-state index contributed by atoms with van der Waals surface area (Å²) in [5.41, 5.74) is 2.03. The van der Waals surface area contributed by atoms with E-state index >= 15 is 0 Å². The molecule has 2 rings (SSSR count). The second-order valence-electron chi connectivity index (χ2n) is 4.43. The van der Waals surface area contributed by atoms with Crippen LogP contribution in [0.25, 0.3) is 0 Å². The summed E-state index contributed by atoms with van der Waals surface area (Å²) in [5, 5.41) is 12.5. The molecule has 0 saturated carbocycles. The van der Waals surface area contributed by atoms with E-state index in [0.29, 0.717) is 13.2 Å². The van der Waals surface area contributed by atoms with Crippen LogP contribution in [-0.4, -0.2) is 13.2 Å². The highest BCUT2D eigenvalue weighted by molar-refractivity contribution is 5.47. The summed E-state index contributed by atoms with van der Waals surface area (Å²) in [4.78, 5) is 0. The van der Waals surface area contributed by atoms with E-state index in [2.05, 4.69) is 11.4 Å². The summed E-state index contributed by atoms with van der Waals surface area (Å²) in [6, 6.07) is 19.9. The van der Waals surface area contributed by atoms with E-state index < -0.39 is 0 Å². The van der Waals surface area contributed by atoms with Gasteiger partial charge < -0.3 is 10.1 Å². The molecule has 0 saturated heterocycles. The molecule has 0 radical (unpaired) electrons. The average molecular weight is 266 g/mol. The third kappa shape index (κ3) is 3.76. The standard InChI is InChI=1S/C17H18N2O/c1-2-20-17-10-8-16(9-11-17)19-13-15(12-18)14-6-4-3-5-7-14/h3-11,15,19H,2,13H2,1H3. The fourth-order valence-electron chi connectivity index (χ4n) is 1.98. The molecule has 0 bridgehead atoms. The minimum absolute atomic E-state index is 0.150. The monoisotopic (exact) mass is 266 g/mol. The molecule has 0 aromatic heterocycles. The van der Waals surface area contributed by atoms with E-state index in [1.807, 2.05) is 61.5 Å². The van der Waals surface area contributed by atoms with Crippen molar-refractivity contribution in [3.05, 3.63) is 60.2 Å². The molecule has 0 aliphatic carbocycles. The number of nitrogens with zero attached hydrogens (tertiary/aromatic N) is 1. The molecule has 20 heavy (non-hydrogen) atoms. The molecule has 2 aromatic carbocycles. The lowest BCUT2D eigenvalue weighted by Crippen LogP contribution is -2.11. The van der Waals surface area contributed by atoms with Crippen LogP contribution in [0.5, 0.6) is 5.75 Å². The van der Waals surface area contributed by atoms with Gasteiger partial charge in [-0.1, -0.05) is 30.3 Å². The van der Waals surface area contributed by atoms with Crippen LogP contribution < -0.4 is 10.1 Å². The smallest absolute Gasteiger partial charge is 0.119 e. The van der Waals surface area contributed by atoms with Crippen molar-refractivity contribution in [1.29, 1.82) is 5.26 Å². The Kier molecular flexibility index (Phi) is 5.02. The summed E-state index contributed by atoms with van der Waals surface area (Å²) in [6.07, 6.45) is 0. The molecule has 0 heterocycles. The number of hydrogen-bond acceptors (Lipinski definition) is 3. The number of ether oxygens (including phenoxy) is 1. The van der Waals surface area contributed by atoms with Crippen LogP contribution in [0.15, 0.2) is 54.6 Å². The van der Waals surface area contributed by atoms with Crippen molar-refractivity contribution in [1.82, 2.24) is 0 Å². The second-order valence-corrected chi connectivity index (χ2v) is 4.43. The van der Waals surface area contributed by atoms with Crippen LogP contribution in [0.3, 0.4) is 0 Å². The summed E-state index contributed by atoms with van der Waals surface area (Å²) in [7, 11) is 0. The number of anilines is 1. The number of hydrogen-bond donors (Lipinski definition) is 1. The van der Waals surface area contributed by atoms with Crippen LogP contribution in [0, 0.1) is 11.3 Å². The van der Waals surface area contributed by atoms with Crippen molar-refractivity contribution < 1.29 is 4.74 Å². The Hall–Kier alpha value is -2.47. The fourth-order valence-corrected chi connectivity index (χ4v) is 1.98. The maximum absolute atomic E-state index is 9.26. The molecule has 3 nitrogen and oxygen atoms in total. The molecule has 2 aromatic rings. The van der Waals surface area contributed by atoms with Gasteiger partial charge >= 0.3 is 0 Å². The Balaban J connectivity index is 1.95. The first kappa shape index (κ1) is 14.0. The maximum atomic E-state index is 9.26. The molecular formula is C17H18N2O. The second kappa shape index (κ2) is 7.20. The lowest BCUT2D eigenvalue weighted by Gasteiger charge is -2.12. The Morgan fingerprint density at radius 3 is 2.40 bits per heavy atom. The Labute approximate surface area is 119 Å². The van der Waals surface area contributed by atoms with Crippen LogP contribution in [-0.2, 0) is 0 Å². The predicted octanol–water partition coefficient (Wildman–Crippen LogP) is 3.80. The molecule has 0 aliphatic heterocycles. The van der Waals surface area contributed by atoms with Gasteiger partial charge in [-0.3, -0.25) is 0 Å². The molecule has 102 valence electrons. The SMILES string of the molecule is CCOc1ccc(NCC(C#N)c2ccccc2)cc1. The molecule has 0 spiro atoms. The number of nitriles is 1. The topological polar surface area (TPSA) is 45.0 Å². The Bertz CT molecular complexity index is 558. The molecular weight excluding hydrogens is 248 g/mol. The normalized spacial score (nSPS) is 11.4. The molecule has 0 amide bonds. The van der Waals surface area contributed by atoms with E-state index in [0.717, 1.165) is 17.0 Å². The van der Waals surface area contributed by atoms with Gasteiger partial charge in [-0.2, -0.15) is 5.26 Å². The zero-order valence-corrected chi connectivity index (χ0v) is 11.5. The molecule has 1 unspecified atom stereocenters. The van der Waals surface area contributed by atoms with Gasteiger partial charge in [0.05, 0.1) is 18.6 Å². The van der Waals surface area contributed by atoms with Gasteiger partial charge in [0.15, 0.2) is 0 Å². The summed E-state index contributed by atoms with van der Waals surface area (Å²) >= 11 is 0. The third-order valence-electron chi connectivity index (χ3n) is 3.03. The summed E-state index contributed by atoms with van der Waals surface area (Å²) < 4.78 is 5.40. The third-order valence-corrected chi connectivity index (χ3v) is 3.03. The zero-order chi connectivity index (χ0) is 14.2. The highest BCUT2D eigenvalue weighted by atomic mass is 16.5. The van der Waals surface area contributed by atoms with Gasteiger partial charge in [0.25, 0.3) is 0 Å². The van der Waals surface area contributed by atoms with Crippen molar-refractivity contribution in [3.8, 4) is 11.8 Å². The van der Waals surface area contributed by atoms with Crippen molar-refractivity contribution in [2.24, 2.45) is 0 Å². The zero-order valence-electron chi connectivity index (χ0n) is 11.5. The lowest BCUT2D eigenvalue weighted by molar-refractivity contribution is 0.340. The molecule has 1 atom stereocenters. The molecule has 0 fully saturated rings. The van der Waals surface area contributed by atoms with Gasteiger partial charge in [-0.15, -0.1) is 0 Å². The highest BCUT2D eigenvalue weighted by Gasteiger charge is 2.09. The van der Waals surface area contributed by atoms with Gasteiger partial charge in [0, 0.05) is 12.2 Å². The summed E-state index contributed by atoms with van der Waals surface area (Å²) in [6.45, 7) is 3.22. The number of nitrogens with one attached hydrogen (secondary N) is 1. The van der Waals surface area contributed by atoms with Gasteiger partial charge in [-0.25, -0.2) is 0 Å². The van der Waals surface area contributed by atoms with Gasteiger partial charge in [-0.05, 0) is 36.8 Å². The van der Waals surface area contributed by atoms with Crippen LogP contribution in [0.4, 0.5) is 5.69 Å². The molecule has 3 heteroatoms. The number of benzene rings is 2. The first-order valence-electron chi connectivity index (χ1n) is 6.74. The minimum atomic E-state index is -0.150. The average Bonchev–Trinajstić information content (AvgIpc) is 2.51. The van der Waals surface area contributed by atoms with Crippen LogP contribution in [0.1, 0.15) is 18.4 Å². The van der Waals surface area contributed by atoms with Crippen LogP contribution >= 0.6 is 0 Å².